The van der Waals surface area contributed by atoms with Crippen LogP contribution in [0.15, 0.2) is 18.3 Å². The van der Waals surface area contributed by atoms with Crippen molar-refractivity contribution in [2.24, 2.45) is 0 Å². The molecule has 0 amide bonds. The average molecular weight is 251 g/mol. The third-order valence-electron chi connectivity index (χ3n) is 3.07. The Labute approximate surface area is 110 Å². The summed E-state index contributed by atoms with van der Waals surface area (Å²) in [5.74, 6) is 0.985. The fraction of sp³-hybridized carbons (Fsp3) is 0.643. The lowest BCUT2D eigenvalue weighted by molar-refractivity contribution is 0.289. The molecule has 0 aliphatic heterocycles. The zero-order valence-electron chi connectivity index (χ0n) is 11.7. The van der Waals surface area contributed by atoms with Gasteiger partial charge >= 0.3 is 0 Å². The van der Waals surface area contributed by atoms with Gasteiger partial charge in [0, 0.05) is 31.9 Å². The summed E-state index contributed by atoms with van der Waals surface area (Å²) in [6.07, 6.45) is 2.72. The molecule has 1 unspecified atom stereocenters. The number of nitrogens with zero attached hydrogens (tertiary/aromatic N) is 2. The largest absolute Gasteiger partial charge is 0.396 e. The lowest BCUT2D eigenvalue weighted by atomic mass is 10.1. The number of aliphatic hydroxyl groups excluding tert-OH is 1. The average Bonchev–Trinajstić information content (AvgIpc) is 2.40. The Morgan fingerprint density at radius 1 is 1.39 bits per heavy atom. The van der Waals surface area contributed by atoms with Gasteiger partial charge in [-0.2, -0.15) is 0 Å². The fourth-order valence-electron chi connectivity index (χ4n) is 1.96. The zero-order chi connectivity index (χ0) is 13.4. The van der Waals surface area contributed by atoms with Gasteiger partial charge in [-0.1, -0.05) is 13.0 Å². The van der Waals surface area contributed by atoms with Crippen molar-refractivity contribution in [2.45, 2.75) is 33.2 Å². The van der Waals surface area contributed by atoms with Crippen molar-refractivity contribution in [1.29, 1.82) is 0 Å². The van der Waals surface area contributed by atoms with E-state index in [1.165, 1.54) is 5.56 Å². The van der Waals surface area contributed by atoms with Gasteiger partial charge in [-0.05, 0) is 38.4 Å². The van der Waals surface area contributed by atoms with Crippen LogP contribution in [-0.4, -0.2) is 36.3 Å². The van der Waals surface area contributed by atoms with Crippen LogP contribution in [0.1, 0.15) is 38.8 Å². The molecular formula is C14H25N3O. The lowest BCUT2D eigenvalue weighted by Crippen LogP contribution is -2.25. The van der Waals surface area contributed by atoms with Crippen LogP contribution in [0.25, 0.3) is 0 Å². The summed E-state index contributed by atoms with van der Waals surface area (Å²) in [5, 5.41) is 12.3. The Kier molecular flexibility index (Phi) is 6.68. The fourth-order valence-corrected chi connectivity index (χ4v) is 1.96. The van der Waals surface area contributed by atoms with Gasteiger partial charge in [0.2, 0.25) is 0 Å². The van der Waals surface area contributed by atoms with E-state index in [-0.39, 0.29) is 6.61 Å². The summed E-state index contributed by atoms with van der Waals surface area (Å²) in [6, 6.07) is 4.52. The summed E-state index contributed by atoms with van der Waals surface area (Å²) < 4.78 is 0. The Balaban J connectivity index is 2.68. The van der Waals surface area contributed by atoms with Gasteiger partial charge in [0.25, 0.3) is 0 Å². The van der Waals surface area contributed by atoms with Gasteiger partial charge in [0.1, 0.15) is 5.82 Å². The molecule has 0 aliphatic rings. The predicted octanol–water partition coefficient (Wildman–Crippen LogP) is 1.96. The molecule has 4 nitrogen and oxygen atoms in total. The van der Waals surface area contributed by atoms with Gasteiger partial charge in [-0.15, -0.1) is 0 Å². The Bertz CT molecular complexity index is 326. The van der Waals surface area contributed by atoms with Crippen LogP contribution in [0.2, 0.25) is 0 Å². The smallest absolute Gasteiger partial charge is 0.128 e. The van der Waals surface area contributed by atoms with Crippen LogP contribution in [0.4, 0.5) is 5.82 Å². The number of hydrogen-bond donors (Lipinski definition) is 2. The summed E-state index contributed by atoms with van der Waals surface area (Å²) in [5.41, 5.74) is 1.21. The van der Waals surface area contributed by atoms with E-state index in [4.69, 9.17) is 5.11 Å². The molecular weight excluding hydrogens is 226 g/mol. The van der Waals surface area contributed by atoms with Gasteiger partial charge in [0.05, 0.1) is 0 Å². The van der Waals surface area contributed by atoms with Crippen molar-refractivity contribution in [3.63, 3.8) is 0 Å². The maximum Gasteiger partial charge on any atom is 0.128 e. The van der Waals surface area contributed by atoms with Gasteiger partial charge < -0.3 is 15.3 Å². The number of aliphatic hydroxyl groups is 1. The Hall–Kier alpha value is -1.13. The van der Waals surface area contributed by atoms with E-state index in [2.05, 4.69) is 48.1 Å². The first-order valence-electron chi connectivity index (χ1n) is 6.78. The third-order valence-corrected chi connectivity index (χ3v) is 3.07. The normalized spacial score (nSPS) is 12.4. The molecule has 4 heteroatoms. The predicted molar refractivity (Wildman–Crippen MR) is 75.9 cm³/mol. The van der Waals surface area contributed by atoms with Crippen molar-refractivity contribution < 1.29 is 5.11 Å². The molecule has 0 saturated heterocycles. The molecule has 0 bridgehead atoms. The molecule has 1 aromatic heterocycles. The van der Waals surface area contributed by atoms with Crippen molar-refractivity contribution in [2.75, 3.05) is 31.1 Å². The second kappa shape index (κ2) is 8.06. The van der Waals surface area contributed by atoms with Crippen LogP contribution in [-0.2, 0) is 0 Å². The number of rotatable bonds is 8. The number of hydrogen-bond acceptors (Lipinski definition) is 4. The van der Waals surface area contributed by atoms with E-state index in [1.807, 2.05) is 6.20 Å². The van der Waals surface area contributed by atoms with Crippen LogP contribution < -0.4 is 10.2 Å². The van der Waals surface area contributed by atoms with Crippen molar-refractivity contribution in [3.8, 4) is 0 Å². The molecule has 18 heavy (non-hydrogen) atoms. The van der Waals surface area contributed by atoms with Crippen LogP contribution in [0.3, 0.4) is 0 Å². The summed E-state index contributed by atoms with van der Waals surface area (Å²) >= 11 is 0. The molecule has 102 valence electrons. The van der Waals surface area contributed by atoms with Gasteiger partial charge in [0.15, 0.2) is 0 Å². The second-order valence-corrected chi connectivity index (χ2v) is 4.39. The van der Waals surface area contributed by atoms with Crippen LogP contribution in [0.5, 0.6) is 0 Å². The van der Waals surface area contributed by atoms with Crippen LogP contribution >= 0.6 is 0 Å². The Morgan fingerprint density at radius 2 is 2.17 bits per heavy atom. The van der Waals surface area contributed by atoms with Crippen molar-refractivity contribution in [3.05, 3.63) is 23.9 Å². The topological polar surface area (TPSA) is 48.4 Å². The number of nitrogens with one attached hydrogen (secondary N) is 1. The van der Waals surface area contributed by atoms with E-state index < -0.39 is 0 Å². The molecule has 0 saturated carbocycles. The highest BCUT2D eigenvalue weighted by atomic mass is 16.3. The standard InChI is InChI=1S/C14H25N3O/c1-4-15-12(3)13-7-8-14(16-11-13)17(5-2)9-6-10-18/h7-8,11-12,15,18H,4-6,9-10H2,1-3H3. The number of pyridine rings is 1. The molecule has 0 aliphatic carbocycles. The molecule has 2 N–H and O–H groups in total. The maximum atomic E-state index is 8.88. The quantitative estimate of drug-likeness (QED) is 0.741. The highest BCUT2D eigenvalue weighted by molar-refractivity contribution is 5.39. The minimum absolute atomic E-state index is 0.228. The van der Waals surface area contributed by atoms with Gasteiger partial charge in [-0.3, -0.25) is 0 Å². The molecule has 0 fully saturated rings. The molecule has 1 aromatic rings. The molecule has 0 radical (unpaired) electrons. The second-order valence-electron chi connectivity index (χ2n) is 4.39. The summed E-state index contributed by atoms with van der Waals surface area (Å²) in [6.45, 7) is 9.30. The monoisotopic (exact) mass is 251 g/mol. The van der Waals surface area contributed by atoms with Crippen LogP contribution in [0, 0.1) is 0 Å². The minimum Gasteiger partial charge on any atom is -0.396 e. The highest BCUT2D eigenvalue weighted by Crippen LogP contribution is 2.16. The molecule has 1 heterocycles. The van der Waals surface area contributed by atoms with E-state index in [0.717, 1.165) is 31.9 Å². The maximum absolute atomic E-state index is 8.88. The zero-order valence-corrected chi connectivity index (χ0v) is 11.7. The lowest BCUT2D eigenvalue weighted by Gasteiger charge is -2.22. The summed E-state index contributed by atoms with van der Waals surface area (Å²) in [7, 11) is 0. The van der Waals surface area contributed by atoms with Gasteiger partial charge in [-0.25, -0.2) is 4.98 Å². The first kappa shape index (κ1) is 14.9. The number of aromatic nitrogens is 1. The first-order valence-corrected chi connectivity index (χ1v) is 6.78. The van der Waals surface area contributed by atoms with E-state index in [9.17, 15) is 0 Å². The first-order chi connectivity index (χ1) is 8.72. The molecule has 0 spiro atoms. The van der Waals surface area contributed by atoms with Crippen molar-refractivity contribution in [1.82, 2.24) is 10.3 Å². The summed E-state index contributed by atoms with van der Waals surface area (Å²) in [4.78, 5) is 6.69. The SMILES string of the molecule is CCNC(C)c1ccc(N(CC)CCCO)nc1. The molecule has 1 rings (SSSR count). The molecule has 1 atom stereocenters. The minimum atomic E-state index is 0.228. The van der Waals surface area contributed by atoms with E-state index in [1.54, 1.807) is 0 Å². The van der Waals surface area contributed by atoms with E-state index in [0.29, 0.717) is 6.04 Å². The molecule has 0 aromatic carbocycles. The highest BCUT2D eigenvalue weighted by Gasteiger charge is 2.07. The van der Waals surface area contributed by atoms with Crippen molar-refractivity contribution >= 4 is 5.82 Å². The Morgan fingerprint density at radius 3 is 2.67 bits per heavy atom. The third kappa shape index (κ3) is 4.27. The number of anilines is 1. The van der Waals surface area contributed by atoms with E-state index >= 15 is 0 Å².